The number of carbonyl (C=O) groups excluding carboxylic acids is 1. The summed E-state index contributed by atoms with van der Waals surface area (Å²) >= 11 is 0. The Kier molecular flexibility index (Phi) is 2.77. The molecule has 2 heteroatoms. The lowest BCUT2D eigenvalue weighted by Gasteiger charge is -2.01. The van der Waals surface area contributed by atoms with E-state index >= 15 is 0 Å². The molecule has 0 aliphatic rings. The molecular formula is C13H13NO. The van der Waals surface area contributed by atoms with Crippen LogP contribution in [0.5, 0.6) is 0 Å². The van der Waals surface area contributed by atoms with E-state index in [4.69, 9.17) is 0 Å². The fraction of sp³-hybridized carbons (Fsp3) is 0.231. The molecule has 15 heavy (non-hydrogen) atoms. The van der Waals surface area contributed by atoms with Crippen molar-refractivity contribution in [2.45, 2.75) is 19.8 Å². The molecule has 1 heterocycles. The van der Waals surface area contributed by atoms with E-state index < -0.39 is 0 Å². The van der Waals surface area contributed by atoms with Crippen molar-refractivity contribution in [2.24, 2.45) is 0 Å². The van der Waals surface area contributed by atoms with E-state index in [-0.39, 0.29) is 5.78 Å². The molecule has 0 aliphatic carbocycles. The van der Waals surface area contributed by atoms with E-state index in [0.717, 1.165) is 22.8 Å². The number of pyridine rings is 1. The van der Waals surface area contributed by atoms with Gasteiger partial charge in [-0.3, -0.25) is 9.78 Å². The van der Waals surface area contributed by atoms with Crippen LogP contribution < -0.4 is 0 Å². The fourth-order valence-corrected chi connectivity index (χ4v) is 1.63. The Labute approximate surface area is 89.0 Å². The van der Waals surface area contributed by atoms with Crippen LogP contribution in [0.15, 0.2) is 36.7 Å². The first-order valence-electron chi connectivity index (χ1n) is 5.18. The zero-order valence-electron chi connectivity index (χ0n) is 8.73. The largest absolute Gasteiger partial charge is 0.294 e. The maximum atomic E-state index is 11.7. The summed E-state index contributed by atoms with van der Waals surface area (Å²) in [4.78, 5) is 15.7. The average Bonchev–Trinajstić information content (AvgIpc) is 2.29. The van der Waals surface area contributed by atoms with Crippen molar-refractivity contribution in [1.29, 1.82) is 0 Å². The predicted octanol–water partition coefficient (Wildman–Crippen LogP) is 3.22. The number of benzene rings is 1. The highest BCUT2D eigenvalue weighted by Crippen LogP contribution is 2.15. The van der Waals surface area contributed by atoms with Crippen molar-refractivity contribution in [3.05, 3.63) is 42.2 Å². The highest BCUT2D eigenvalue weighted by molar-refractivity contribution is 5.99. The van der Waals surface area contributed by atoms with Crippen LogP contribution in [0, 0.1) is 0 Å². The Balaban J connectivity index is 2.42. The first kappa shape index (κ1) is 9.84. The highest BCUT2D eigenvalue weighted by Gasteiger charge is 2.04. The van der Waals surface area contributed by atoms with Crippen LogP contribution in [0.3, 0.4) is 0 Å². The molecule has 0 bridgehead atoms. The van der Waals surface area contributed by atoms with Gasteiger partial charge in [-0.15, -0.1) is 0 Å². The molecule has 0 radical (unpaired) electrons. The van der Waals surface area contributed by atoms with Gasteiger partial charge < -0.3 is 0 Å². The zero-order valence-corrected chi connectivity index (χ0v) is 8.73. The van der Waals surface area contributed by atoms with Crippen molar-refractivity contribution >= 4 is 16.6 Å². The number of fused-ring (bicyclic) bond motifs is 1. The number of hydrogen-bond donors (Lipinski definition) is 0. The minimum Gasteiger partial charge on any atom is -0.294 e. The molecular weight excluding hydrogens is 186 g/mol. The lowest BCUT2D eigenvalue weighted by molar-refractivity contribution is 0.0982. The second-order valence-corrected chi connectivity index (χ2v) is 3.61. The van der Waals surface area contributed by atoms with E-state index in [1.54, 1.807) is 6.20 Å². The van der Waals surface area contributed by atoms with Crippen molar-refractivity contribution in [3.8, 4) is 0 Å². The van der Waals surface area contributed by atoms with E-state index in [0.29, 0.717) is 6.42 Å². The van der Waals surface area contributed by atoms with Crippen molar-refractivity contribution < 1.29 is 4.79 Å². The molecule has 76 valence electrons. The summed E-state index contributed by atoms with van der Waals surface area (Å²) in [5.41, 5.74) is 0.801. The molecule has 0 spiro atoms. The van der Waals surface area contributed by atoms with Gasteiger partial charge in [-0.1, -0.05) is 19.1 Å². The minimum atomic E-state index is 0.219. The molecule has 1 aromatic carbocycles. The summed E-state index contributed by atoms with van der Waals surface area (Å²) in [6.45, 7) is 2.02. The minimum absolute atomic E-state index is 0.219. The lowest BCUT2D eigenvalue weighted by atomic mass is 10.0. The Bertz CT molecular complexity index is 491. The number of nitrogens with zero attached hydrogens (tertiary/aromatic N) is 1. The third kappa shape index (κ3) is 2.04. The standard InChI is InChI=1S/C13H13NO/c1-2-3-13(15)11-4-5-12-9-14-7-6-10(12)8-11/h4-9H,2-3H2,1H3. The van der Waals surface area contributed by atoms with Crippen LogP contribution in [-0.2, 0) is 0 Å². The van der Waals surface area contributed by atoms with Crippen molar-refractivity contribution in [2.75, 3.05) is 0 Å². The van der Waals surface area contributed by atoms with Crippen LogP contribution in [0.2, 0.25) is 0 Å². The maximum Gasteiger partial charge on any atom is 0.162 e. The third-order valence-corrected chi connectivity index (χ3v) is 2.44. The SMILES string of the molecule is CCCC(=O)c1ccc2cnccc2c1. The molecule has 0 N–H and O–H groups in total. The number of hydrogen-bond acceptors (Lipinski definition) is 2. The summed E-state index contributed by atoms with van der Waals surface area (Å²) in [6, 6.07) is 7.69. The first-order chi connectivity index (χ1) is 7.31. The lowest BCUT2D eigenvalue weighted by Crippen LogP contribution is -1.97. The summed E-state index contributed by atoms with van der Waals surface area (Å²) in [7, 11) is 0. The second kappa shape index (κ2) is 4.22. The number of rotatable bonds is 3. The number of Topliss-reactive ketones (excluding diaryl/α,β-unsaturated/α-hetero) is 1. The second-order valence-electron chi connectivity index (χ2n) is 3.61. The third-order valence-electron chi connectivity index (χ3n) is 2.44. The summed E-state index contributed by atoms with van der Waals surface area (Å²) < 4.78 is 0. The quantitative estimate of drug-likeness (QED) is 0.710. The van der Waals surface area contributed by atoms with Gasteiger partial charge in [0.25, 0.3) is 0 Å². The smallest absolute Gasteiger partial charge is 0.162 e. The van der Waals surface area contributed by atoms with Crippen LogP contribution in [0.4, 0.5) is 0 Å². The van der Waals surface area contributed by atoms with Gasteiger partial charge in [-0.25, -0.2) is 0 Å². The zero-order chi connectivity index (χ0) is 10.7. The normalized spacial score (nSPS) is 10.5. The van der Waals surface area contributed by atoms with Crippen molar-refractivity contribution in [1.82, 2.24) is 4.98 Å². The van der Waals surface area contributed by atoms with Gasteiger partial charge in [0.05, 0.1) is 0 Å². The van der Waals surface area contributed by atoms with E-state index in [1.165, 1.54) is 0 Å². The first-order valence-corrected chi connectivity index (χ1v) is 5.18. The van der Waals surface area contributed by atoms with Gasteiger partial charge >= 0.3 is 0 Å². The molecule has 0 saturated carbocycles. The highest BCUT2D eigenvalue weighted by atomic mass is 16.1. The summed E-state index contributed by atoms with van der Waals surface area (Å²) in [6.07, 6.45) is 5.07. The molecule has 0 amide bonds. The van der Waals surface area contributed by atoms with Gasteiger partial charge in [0.2, 0.25) is 0 Å². The number of aromatic nitrogens is 1. The van der Waals surface area contributed by atoms with Crippen LogP contribution in [0.1, 0.15) is 30.1 Å². The topological polar surface area (TPSA) is 30.0 Å². The molecule has 0 fully saturated rings. The van der Waals surface area contributed by atoms with Crippen molar-refractivity contribution in [3.63, 3.8) is 0 Å². The molecule has 2 aromatic rings. The fourth-order valence-electron chi connectivity index (χ4n) is 1.63. The molecule has 0 saturated heterocycles. The molecule has 0 atom stereocenters. The molecule has 0 unspecified atom stereocenters. The average molecular weight is 199 g/mol. The Morgan fingerprint density at radius 3 is 2.93 bits per heavy atom. The molecule has 1 aromatic heterocycles. The van der Waals surface area contributed by atoms with Gasteiger partial charge in [0.15, 0.2) is 5.78 Å². The van der Waals surface area contributed by atoms with Gasteiger partial charge in [0.1, 0.15) is 0 Å². The van der Waals surface area contributed by atoms with Gasteiger partial charge in [-0.2, -0.15) is 0 Å². The Morgan fingerprint density at radius 1 is 1.27 bits per heavy atom. The van der Waals surface area contributed by atoms with Crippen LogP contribution >= 0.6 is 0 Å². The van der Waals surface area contributed by atoms with E-state index in [2.05, 4.69) is 4.98 Å². The molecule has 2 rings (SSSR count). The van der Waals surface area contributed by atoms with E-state index in [1.807, 2.05) is 37.4 Å². The van der Waals surface area contributed by atoms with E-state index in [9.17, 15) is 4.79 Å². The summed E-state index contributed by atoms with van der Waals surface area (Å²) in [5, 5.41) is 2.15. The molecule has 2 nitrogen and oxygen atoms in total. The van der Waals surface area contributed by atoms with Gasteiger partial charge in [-0.05, 0) is 23.9 Å². The summed E-state index contributed by atoms with van der Waals surface area (Å²) in [5.74, 6) is 0.219. The van der Waals surface area contributed by atoms with Crippen LogP contribution in [-0.4, -0.2) is 10.8 Å². The Hall–Kier alpha value is -1.70. The van der Waals surface area contributed by atoms with Crippen LogP contribution in [0.25, 0.3) is 10.8 Å². The molecule has 0 aliphatic heterocycles. The van der Waals surface area contributed by atoms with Gasteiger partial charge in [0, 0.05) is 29.8 Å². The predicted molar refractivity (Wildman–Crippen MR) is 61.0 cm³/mol. The Morgan fingerprint density at radius 2 is 2.13 bits per heavy atom. The monoisotopic (exact) mass is 199 g/mol. The number of carbonyl (C=O) groups is 1. The maximum absolute atomic E-state index is 11.7. The number of ketones is 1.